The monoisotopic (exact) mass is 289 g/mol. The minimum absolute atomic E-state index is 0.131. The zero-order chi connectivity index (χ0) is 14.4. The van der Waals surface area contributed by atoms with Crippen LogP contribution in [0.4, 0.5) is 4.39 Å². The Balaban J connectivity index is 2.02. The van der Waals surface area contributed by atoms with E-state index >= 15 is 0 Å². The van der Waals surface area contributed by atoms with Crippen LogP contribution in [0.2, 0.25) is 0 Å². The van der Waals surface area contributed by atoms with E-state index in [1.165, 1.54) is 17.3 Å². The zero-order valence-corrected chi connectivity index (χ0v) is 12.7. The molecule has 20 heavy (non-hydrogen) atoms. The molecule has 0 aliphatic rings. The van der Waals surface area contributed by atoms with Gasteiger partial charge in [0.15, 0.2) is 0 Å². The second kappa shape index (κ2) is 7.46. The van der Waals surface area contributed by atoms with Crippen LogP contribution in [-0.2, 0) is 5.75 Å². The first-order valence-electron chi connectivity index (χ1n) is 6.90. The van der Waals surface area contributed by atoms with Crippen LogP contribution in [0.25, 0.3) is 0 Å². The summed E-state index contributed by atoms with van der Waals surface area (Å²) in [5.41, 5.74) is 2.20. The van der Waals surface area contributed by atoms with Crippen molar-refractivity contribution in [2.75, 3.05) is 6.54 Å². The van der Waals surface area contributed by atoms with Gasteiger partial charge in [-0.25, -0.2) is 4.39 Å². The van der Waals surface area contributed by atoms with Crippen LogP contribution in [0.3, 0.4) is 0 Å². The summed E-state index contributed by atoms with van der Waals surface area (Å²) in [6.07, 6.45) is 0. The summed E-state index contributed by atoms with van der Waals surface area (Å²) < 4.78 is 14.1. The van der Waals surface area contributed by atoms with Crippen molar-refractivity contribution in [1.82, 2.24) is 5.32 Å². The normalized spacial score (nSPS) is 12.3. The first kappa shape index (κ1) is 15.1. The topological polar surface area (TPSA) is 12.0 Å². The molecule has 106 valence electrons. The van der Waals surface area contributed by atoms with Crippen molar-refractivity contribution in [2.45, 2.75) is 30.5 Å². The number of thioether (sulfide) groups is 1. The number of nitrogens with one attached hydrogen (secondary N) is 1. The van der Waals surface area contributed by atoms with Gasteiger partial charge in [-0.1, -0.05) is 43.3 Å². The van der Waals surface area contributed by atoms with Gasteiger partial charge in [0, 0.05) is 16.7 Å². The summed E-state index contributed by atoms with van der Waals surface area (Å²) in [7, 11) is 0. The predicted molar refractivity (Wildman–Crippen MR) is 84.5 cm³/mol. The van der Waals surface area contributed by atoms with E-state index in [0.29, 0.717) is 4.90 Å². The minimum atomic E-state index is -0.131. The second-order valence-corrected chi connectivity index (χ2v) is 5.76. The molecule has 0 spiro atoms. The van der Waals surface area contributed by atoms with E-state index in [4.69, 9.17) is 0 Å². The van der Waals surface area contributed by atoms with Crippen molar-refractivity contribution < 1.29 is 4.39 Å². The Kier molecular flexibility index (Phi) is 5.62. The summed E-state index contributed by atoms with van der Waals surface area (Å²) in [4.78, 5) is 0.710. The molecule has 0 saturated carbocycles. The number of hydrogen-bond acceptors (Lipinski definition) is 2. The highest BCUT2D eigenvalue weighted by molar-refractivity contribution is 7.98. The molecule has 1 N–H and O–H groups in total. The van der Waals surface area contributed by atoms with Gasteiger partial charge >= 0.3 is 0 Å². The van der Waals surface area contributed by atoms with E-state index in [9.17, 15) is 4.39 Å². The van der Waals surface area contributed by atoms with Crippen LogP contribution in [0.1, 0.15) is 31.0 Å². The van der Waals surface area contributed by atoms with Crippen LogP contribution in [0, 0.1) is 5.82 Å². The lowest BCUT2D eigenvalue weighted by molar-refractivity contribution is 0.572. The Labute approximate surface area is 124 Å². The first-order valence-corrected chi connectivity index (χ1v) is 7.89. The average Bonchev–Trinajstić information content (AvgIpc) is 2.47. The van der Waals surface area contributed by atoms with Crippen molar-refractivity contribution in [3.8, 4) is 0 Å². The van der Waals surface area contributed by atoms with Gasteiger partial charge < -0.3 is 5.32 Å². The predicted octanol–water partition coefficient (Wildman–Crippen LogP) is 4.79. The molecule has 1 unspecified atom stereocenters. The van der Waals surface area contributed by atoms with E-state index in [1.807, 2.05) is 30.3 Å². The summed E-state index contributed by atoms with van der Waals surface area (Å²) in [6.45, 7) is 4.99. The van der Waals surface area contributed by atoms with Gasteiger partial charge in [-0.2, -0.15) is 0 Å². The van der Waals surface area contributed by atoms with Crippen molar-refractivity contribution in [2.24, 2.45) is 0 Å². The maximum absolute atomic E-state index is 14.1. The minimum Gasteiger partial charge on any atom is -0.310 e. The van der Waals surface area contributed by atoms with E-state index in [-0.39, 0.29) is 11.9 Å². The standard InChI is InChI=1S/C17H20FNS/c1-3-19-13(2)15-9-10-17(16(18)11-15)20-12-14-7-5-4-6-8-14/h4-11,13,19H,3,12H2,1-2H3. The van der Waals surface area contributed by atoms with Gasteiger partial charge in [0.1, 0.15) is 5.82 Å². The lowest BCUT2D eigenvalue weighted by Gasteiger charge is -2.13. The third kappa shape index (κ3) is 4.09. The van der Waals surface area contributed by atoms with Crippen LogP contribution in [0.15, 0.2) is 53.4 Å². The van der Waals surface area contributed by atoms with Gasteiger partial charge in [-0.3, -0.25) is 0 Å². The van der Waals surface area contributed by atoms with Crippen molar-refractivity contribution >= 4 is 11.8 Å². The van der Waals surface area contributed by atoms with Gasteiger partial charge in [-0.05, 0) is 36.7 Å². The Morgan fingerprint density at radius 2 is 1.90 bits per heavy atom. The fourth-order valence-electron chi connectivity index (χ4n) is 2.06. The molecular weight excluding hydrogens is 269 g/mol. The summed E-state index contributed by atoms with van der Waals surface area (Å²) in [6, 6.07) is 15.8. The third-order valence-electron chi connectivity index (χ3n) is 3.20. The van der Waals surface area contributed by atoms with Gasteiger partial charge in [0.05, 0.1) is 0 Å². The molecule has 2 aromatic carbocycles. The Morgan fingerprint density at radius 1 is 1.15 bits per heavy atom. The molecule has 0 aromatic heterocycles. The van der Waals surface area contributed by atoms with Crippen molar-refractivity contribution in [3.05, 3.63) is 65.5 Å². The smallest absolute Gasteiger partial charge is 0.137 e. The van der Waals surface area contributed by atoms with E-state index < -0.39 is 0 Å². The highest BCUT2D eigenvalue weighted by Gasteiger charge is 2.08. The number of hydrogen-bond donors (Lipinski definition) is 1. The Morgan fingerprint density at radius 3 is 2.55 bits per heavy atom. The molecule has 0 radical (unpaired) electrons. The molecule has 3 heteroatoms. The maximum Gasteiger partial charge on any atom is 0.137 e. The molecule has 2 rings (SSSR count). The van der Waals surface area contributed by atoms with Crippen molar-refractivity contribution in [1.29, 1.82) is 0 Å². The molecule has 0 fully saturated rings. The highest BCUT2D eigenvalue weighted by atomic mass is 32.2. The molecule has 0 saturated heterocycles. The lowest BCUT2D eigenvalue weighted by Crippen LogP contribution is -2.17. The molecule has 1 atom stereocenters. The third-order valence-corrected chi connectivity index (χ3v) is 4.32. The van der Waals surface area contributed by atoms with E-state index in [2.05, 4.69) is 31.3 Å². The Bertz CT molecular complexity index is 542. The van der Waals surface area contributed by atoms with Crippen LogP contribution < -0.4 is 5.32 Å². The fraction of sp³-hybridized carbons (Fsp3) is 0.294. The molecule has 0 heterocycles. The van der Waals surface area contributed by atoms with Crippen LogP contribution in [-0.4, -0.2) is 6.54 Å². The van der Waals surface area contributed by atoms with Crippen LogP contribution in [0.5, 0.6) is 0 Å². The Hall–Kier alpha value is -1.32. The first-order chi connectivity index (χ1) is 9.70. The number of halogens is 1. The van der Waals surface area contributed by atoms with Gasteiger partial charge in [0.25, 0.3) is 0 Å². The molecule has 1 nitrogen and oxygen atoms in total. The van der Waals surface area contributed by atoms with Gasteiger partial charge in [-0.15, -0.1) is 11.8 Å². The van der Waals surface area contributed by atoms with E-state index in [0.717, 1.165) is 17.9 Å². The molecule has 0 amide bonds. The second-order valence-electron chi connectivity index (χ2n) is 4.74. The molecule has 0 aliphatic carbocycles. The molecular formula is C17H20FNS. The zero-order valence-electron chi connectivity index (χ0n) is 11.9. The summed E-state index contributed by atoms with van der Waals surface area (Å²) >= 11 is 1.54. The fourth-order valence-corrected chi connectivity index (χ4v) is 2.94. The maximum atomic E-state index is 14.1. The average molecular weight is 289 g/mol. The molecule has 0 aliphatic heterocycles. The SMILES string of the molecule is CCNC(C)c1ccc(SCc2ccccc2)c(F)c1. The lowest BCUT2D eigenvalue weighted by atomic mass is 10.1. The molecule has 0 bridgehead atoms. The summed E-state index contributed by atoms with van der Waals surface area (Å²) in [5.74, 6) is 0.660. The largest absolute Gasteiger partial charge is 0.310 e. The highest BCUT2D eigenvalue weighted by Crippen LogP contribution is 2.27. The number of benzene rings is 2. The van der Waals surface area contributed by atoms with Crippen molar-refractivity contribution in [3.63, 3.8) is 0 Å². The van der Waals surface area contributed by atoms with E-state index in [1.54, 1.807) is 6.07 Å². The quantitative estimate of drug-likeness (QED) is 0.767. The van der Waals surface area contributed by atoms with Gasteiger partial charge in [0.2, 0.25) is 0 Å². The summed E-state index contributed by atoms with van der Waals surface area (Å²) in [5, 5.41) is 3.29. The number of rotatable bonds is 6. The van der Waals surface area contributed by atoms with Crippen LogP contribution >= 0.6 is 11.8 Å². The molecule has 2 aromatic rings.